The Morgan fingerprint density at radius 3 is 2.82 bits per heavy atom. The van der Waals surface area contributed by atoms with Crippen LogP contribution in [0.4, 0.5) is 5.82 Å². The van der Waals surface area contributed by atoms with Gasteiger partial charge in [-0.25, -0.2) is 4.98 Å². The SMILES string of the molecule is CCNc1ccc(-c2noc(C(C)c3cnn(C)c3)n2)cn1. The lowest BCUT2D eigenvalue weighted by Gasteiger charge is -2.02. The molecule has 7 nitrogen and oxygen atoms in total. The third-order valence-electron chi connectivity index (χ3n) is 3.42. The summed E-state index contributed by atoms with van der Waals surface area (Å²) < 4.78 is 7.14. The van der Waals surface area contributed by atoms with Crippen LogP contribution < -0.4 is 5.32 Å². The van der Waals surface area contributed by atoms with Gasteiger partial charge >= 0.3 is 0 Å². The number of anilines is 1. The average Bonchev–Trinajstić information content (AvgIpc) is 3.17. The van der Waals surface area contributed by atoms with Gasteiger partial charge in [-0.3, -0.25) is 4.68 Å². The Labute approximate surface area is 128 Å². The molecule has 0 aliphatic heterocycles. The maximum atomic E-state index is 5.38. The minimum atomic E-state index is 0.00365. The summed E-state index contributed by atoms with van der Waals surface area (Å²) in [6.45, 7) is 4.88. The number of hydrogen-bond donors (Lipinski definition) is 1. The molecule has 0 aliphatic carbocycles. The van der Waals surface area contributed by atoms with Crippen molar-refractivity contribution in [2.75, 3.05) is 11.9 Å². The molecule has 0 radical (unpaired) electrons. The molecule has 3 aromatic rings. The molecule has 22 heavy (non-hydrogen) atoms. The normalized spacial score (nSPS) is 12.3. The number of aromatic nitrogens is 5. The van der Waals surface area contributed by atoms with E-state index in [0.717, 1.165) is 23.5 Å². The molecule has 0 aliphatic rings. The van der Waals surface area contributed by atoms with E-state index in [4.69, 9.17) is 4.52 Å². The molecule has 3 heterocycles. The van der Waals surface area contributed by atoms with E-state index in [1.54, 1.807) is 17.1 Å². The van der Waals surface area contributed by atoms with Crippen molar-refractivity contribution in [2.45, 2.75) is 19.8 Å². The summed E-state index contributed by atoms with van der Waals surface area (Å²) in [5.41, 5.74) is 1.87. The Kier molecular flexibility index (Phi) is 3.86. The van der Waals surface area contributed by atoms with Crippen LogP contribution in [0.25, 0.3) is 11.4 Å². The molecule has 1 atom stereocenters. The van der Waals surface area contributed by atoms with Gasteiger partial charge in [-0.2, -0.15) is 10.1 Å². The summed E-state index contributed by atoms with van der Waals surface area (Å²) in [7, 11) is 1.88. The third-order valence-corrected chi connectivity index (χ3v) is 3.42. The van der Waals surface area contributed by atoms with Gasteiger partial charge in [-0.05, 0) is 26.0 Å². The molecule has 0 bridgehead atoms. The van der Waals surface area contributed by atoms with E-state index in [0.29, 0.717) is 11.7 Å². The summed E-state index contributed by atoms with van der Waals surface area (Å²) in [6, 6.07) is 3.83. The van der Waals surface area contributed by atoms with Gasteiger partial charge in [0.15, 0.2) is 0 Å². The van der Waals surface area contributed by atoms with E-state index in [1.807, 2.05) is 39.2 Å². The van der Waals surface area contributed by atoms with Crippen LogP contribution in [-0.4, -0.2) is 31.4 Å². The Morgan fingerprint density at radius 2 is 2.18 bits per heavy atom. The number of aryl methyl sites for hydroxylation is 1. The van der Waals surface area contributed by atoms with E-state index in [-0.39, 0.29) is 5.92 Å². The Balaban J connectivity index is 1.81. The van der Waals surface area contributed by atoms with Crippen LogP contribution in [0.2, 0.25) is 0 Å². The highest BCUT2D eigenvalue weighted by molar-refractivity contribution is 5.55. The van der Waals surface area contributed by atoms with Crippen molar-refractivity contribution in [1.29, 1.82) is 0 Å². The fourth-order valence-electron chi connectivity index (χ4n) is 2.15. The van der Waals surface area contributed by atoms with Crippen molar-refractivity contribution in [3.63, 3.8) is 0 Å². The van der Waals surface area contributed by atoms with Gasteiger partial charge in [0.1, 0.15) is 5.82 Å². The first-order chi connectivity index (χ1) is 10.7. The van der Waals surface area contributed by atoms with Crippen molar-refractivity contribution in [1.82, 2.24) is 24.9 Å². The monoisotopic (exact) mass is 298 g/mol. The topological polar surface area (TPSA) is 81.7 Å². The van der Waals surface area contributed by atoms with Crippen LogP contribution in [0.1, 0.15) is 31.2 Å². The van der Waals surface area contributed by atoms with Gasteiger partial charge in [0.2, 0.25) is 11.7 Å². The van der Waals surface area contributed by atoms with Crippen LogP contribution in [0.15, 0.2) is 35.2 Å². The fourth-order valence-corrected chi connectivity index (χ4v) is 2.15. The second-order valence-electron chi connectivity index (χ2n) is 5.09. The second-order valence-corrected chi connectivity index (χ2v) is 5.09. The first-order valence-corrected chi connectivity index (χ1v) is 7.20. The zero-order valence-corrected chi connectivity index (χ0v) is 12.8. The summed E-state index contributed by atoms with van der Waals surface area (Å²) in [4.78, 5) is 8.78. The molecule has 0 saturated carbocycles. The zero-order valence-electron chi connectivity index (χ0n) is 12.8. The van der Waals surface area contributed by atoms with Crippen molar-refractivity contribution >= 4 is 5.82 Å². The number of nitrogens with zero attached hydrogens (tertiary/aromatic N) is 5. The van der Waals surface area contributed by atoms with Gasteiger partial charge < -0.3 is 9.84 Å². The van der Waals surface area contributed by atoms with Crippen LogP contribution in [0, 0.1) is 0 Å². The maximum absolute atomic E-state index is 5.38. The Hall–Kier alpha value is -2.70. The summed E-state index contributed by atoms with van der Waals surface area (Å²) in [5, 5.41) is 11.4. The smallest absolute Gasteiger partial charge is 0.234 e. The molecule has 0 fully saturated rings. The van der Waals surface area contributed by atoms with E-state index < -0.39 is 0 Å². The molecule has 1 N–H and O–H groups in total. The van der Waals surface area contributed by atoms with Gasteiger partial charge in [0.25, 0.3) is 0 Å². The fraction of sp³-hybridized carbons (Fsp3) is 0.333. The molecule has 0 amide bonds. The quantitative estimate of drug-likeness (QED) is 0.779. The van der Waals surface area contributed by atoms with Gasteiger partial charge in [0, 0.05) is 37.1 Å². The Bertz CT molecular complexity index is 745. The van der Waals surface area contributed by atoms with Gasteiger partial charge in [-0.1, -0.05) is 5.16 Å². The first-order valence-electron chi connectivity index (χ1n) is 7.20. The lowest BCUT2D eigenvalue weighted by atomic mass is 10.1. The third kappa shape index (κ3) is 2.83. The van der Waals surface area contributed by atoms with E-state index >= 15 is 0 Å². The predicted octanol–water partition coefficient (Wildman–Crippen LogP) is 2.45. The summed E-state index contributed by atoms with van der Waals surface area (Å²) >= 11 is 0. The molecule has 0 spiro atoms. The largest absolute Gasteiger partial charge is 0.370 e. The van der Waals surface area contributed by atoms with Crippen LogP contribution in [-0.2, 0) is 7.05 Å². The van der Waals surface area contributed by atoms with Crippen molar-refractivity contribution in [3.05, 3.63) is 42.2 Å². The van der Waals surface area contributed by atoms with E-state index in [9.17, 15) is 0 Å². The first kappa shape index (κ1) is 14.2. The molecular weight excluding hydrogens is 280 g/mol. The molecule has 1 unspecified atom stereocenters. The second kappa shape index (κ2) is 5.97. The highest BCUT2D eigenvalue weighted by Crippen LogP contribution is 2.24. The zero-order chi connectivity index (χ0) is 15.5. The average molecular weight is 298 g/mol. The lowest BCUT2D eigenvalue weighted by molar-refractivity contribution is 0.371. The molecule has 3 aromatic heterocycles. The molecule has 114 valence electrons. The predicted molar refractivity (Wildman–Crippen MR) is 82.4 cm³/mol. The molecule has 7 heteroatoms. The standard InChI is InChI=1S/C15H18N6O/c1-4-16-13-6-5-11(7-17-13)14-19-15(22-20-14)10(2)12-8-18-21(3)9-12/h5-10H,4H2,1-3H3,(H,16,17). The van der Waals surface area contributed by atoms with Gasteiger partial charge in [0.05, 0.1) is 12.1 Å². The molecule has 0 aromatic carbocycles. The van der Waals surface area contributed by atoms with Crippen molar-refractivity contribution in [2.24, 2.45) is 7.05 Å². The molecular formula is C15H18N6O. The summed E-state index contributed by atoms with van der Waals surface area (Å²) in [5.74, 6) is 1.95. The highest BCUT2D eigenvalue weighted by atomic mass is 16.5. The number of rotatable bonds is 5. The van der Waals surface area contributed by atoms with Crippen LogP contribution in [0.3, 0.4) is 0 Å². The van der Waals surface area contributed by atoms with E-state index in [1.165, 1.54) is 0 Å². The maximum Gasteiger partial charge on any atom is 0.234 e. The van der Waals surface area contributed by atoms with E-state index in [2.05, 4.69) is 25.5 Å². The molecule has 0 saturated heterocycles. The summed E-state index contributed by atoms with van der Waals surface area (Å²) in [6.07, 6.45) is 5.49. The minimum Gasteiger partial charge on any atom is -0.370 e. The Morgan fingerprint density at radius 1 is 1.32 bits per heavy atom. The van der Waals surface area contributed by atoms with Crippen LogP contribution in [0.5, 0.6) is 0 Å². The van der Waals surface area contributed by atoms with Crippen molar-refractivity contribution < 1.29 is 4.52 Å². The van der Waals surface area contributed by atoms with Gasteiger partial charge in [-0.15, -0.1) is 0 Å². The molecule has 3 rings (SSSR count). The number of hydrogen-bond acceptors (Lipinski definition) is 6. The number of pyridine rings is 1. The number of nitrogens with one attached hydrogen (secondary N) is 1. The minimum absolute atomic E-state index is 0.00365. The highest BCUT2D eigenvalue weighted by Gasteiger charge is 2.18. The lowest BCUT2D eigenvalue weighted by Crippen LogP contribution is -1.98. The van der Waals surface area contributed by atoms with Crippen LogP contribution >= 0.6 is 0 Å². The van der Waals surface area contributed by atoms with Crippen molar-refractivity contribution in [3.8, 4) is 11.4 Å².